The van der Waals surface area contributed by atoms with Gasteiger partial charge in [0.1, 0.15) is 6.07 Å². The third-order valence-corrected chi connectivity index (χ3v) is 1.88. The lowest BCUT2D eigenvalue weighted by molar-refractivity contribution is -0.131. The van der Waals surface area contributed by atoms with Gasteiger partial charge in [-0.05, 0) is 19.1 Å². The summed E-state index contributed by atoms with van der Waals surface area (Å²) in [5.74, 6) is -1.91. The van der Waals surface area contributed by atoms with Crippen molar-refractivity contribution >= 4 is 12.0 Å². The molecule has 1 aromatic rings. The lowest BCUT2D eigenvalue weighted by atomic mass is 10.1. The van der Waals surface area contributed by atoms with Crippen molar-refractivity contribution in [3.05, 3.63) is 35.7 Å². The molecule has 17 heavy (non-hydrogen) atoms. The maximum Gasteiger partial charge on any atom is 0.328 e. The van der Waals surface area contributed by atoms with Gasteiger partial charge in [-0.3, -0.25) is 0 Å². The fraction of sp³-hybridized carbons (Fsp3) is 0.167. The number of carboxylic acids is 1. The second-order valence-corrected chi connectivity index (χ2v) is 3.22. The lowest BCUT2D eigenvalue weighted by Crippen LogP contribution is -2.10. The van der Waals surface area contributed by atoms with Crippen LogP contribution in [0.1, 0.15) is 12.5 Å². The molecule has 1 unspecified atom stereocenters. The van der Waals surface area contributed by atoms with Gasteiger partial charge < -0.3 is 9.84 Å². The van der Waals surface area contributed by atoms with E-state index in [0.717, 1.165) is 6.08 Å². The minimum absolute atomic E-state index is 0.126. The quantitative estimate of drug-likeness (QED) is 0.812. The molecule has 0 aromatic heterocycles. The van der Waals surface area contributed by atoms with E-state index < -0.39 is 17.9 Å². The van der Waals surface area contributed by atoms with Crippen LogP contribution in [0.25, 0.3) is 6.08 Å². The van der Waals surface area contributed by atoms with Crippen LogP contribution in [0.15, 0.2) is 24.3 Å². The van der Waals surface area contributed by atoms with Crippen LogP contribution in [0.4, 0.5) is 4.39 Å². The molecule has 4 nitrogen and oxygen atoms in total. The maximum atomic E-state index is 13.5. The molecule has 0 heterocycles. The molecular weight excluding hydrogens is 225 g/mol. The number of halogens is 1. The van der Waals surface area contributed by atoms with Crippen LogP contribution in [0.5, 0.6) is 5.75 Å². The number of carbonyl (C=O) groups is 1. The average molecular weight is 235 g/mol. The van der Waals surface area contributed by atoms with Gasteiger partial charge in [0.15, 0.2) is 17.7 Å². The van der Waals surface area contributed by atoms with Gasteiger partial charge in [-0.2, -0.15) is 5.26 Å². The first-order valence-electron chi connectivity index (χ1n) is 4.80. The Labute approximate surface area is 97.6 Å². The highest BCUT2D eigenvalue weighted by Gasteiger charge is 2.11. The molecule has 0 bridgehead atoms. The molecule has 0 radical (unpaired) electrons. The molecule has 1 atom stereocenters. The minimum atomic E-state index is -1.14. The van der Waals surface area contributed by atoms with Gasteiger partial charge in [0, 0.05) is 11.6 Å². The van der Waals surface area contributed by atoms with E-state index in [1.54, 1.807) is 6.07 Å². The molecule has 1 aromatic carbocycles. The van der Waals surface area contributed by atoms with Crippen molar-refractivity contribution in [2.45, 2.75) is 13.0 Å². The van der Waals surface area contributed by atoms with Gasteiger partial charge in [-0.25, -0.2) is 9.18 Å². The number of aliphatic carboxylic acids is 1. The molecule has 0 saturated heterocycles. The summed E-state index contributed by atoms with van der Waals surface area (Å²) in [6.07, 6.45) is 1.27. The molecule has 0 aliphatic heterocycles. The second-order valence-electron chi connectivity index (χ2n) is 3.22. The summed E-state index contributed by atoms with van der Waals surface area (Å²) < 4.78 is 18.5. The van der Waals surface area contributed by atoms with Crippen LogP contribution >= 0.6 is 0 Å². The molecule has 0 fully saturated rings. The number of ether oxygens (including phenoxy) is 1. The van der Waals surface area contributed by atoms with E-state index in [4.69, 9.17) is 15.1 Å². The predicted molar refractivity (Wildman–Crippen MR) is 58.8 cm³/mol. The Morgan fingerprint density at radius 1 is 1.65 bits per heavy atom. The first kappa shape index (κ1) is 12.7. The Morgan fingerprint density at radius 2 is 2.35 bits per heavy atom. The summed E-state index contributed by atoms with van der Waals surface area (Å²) >= 11 is 0. The smallest absolute Gasteiger partial charge is 0.328 e. The number of rotatable bonds is 4. The first-order valence-corrected chi connectivity index (χ1v) is 4.80. The van der Waals surface area contributed by atoms with Gasteiger partial charge in [0.25, 0.3) is 0 Å². The zero-order valence-corrected chi connectivity index (χ0v) is 9.05. The Hall–Kier alpha value is -2.35. The Bertz CT molecular complexity index is 491. The number of benzene rings is 1. The van der Waals surface area contributed by atoms with Gasteiger partial charge in [0.05, 0.1) is 0 Å². The normalized spacial score (nSPS) is 12.1. The standard InChI is InChI=1S/C12H10FNO3/c1-8(7-14)17-12-9(5-6-11(15)16)3-2-4-10(12)13/h2-6,8H,1H3,(H,15,16)/b6-5+. The van der Waals surface area contributed by atoms with Crippen LogP contribution in [0, 0.1) is 17.1 Å². The largest absolute Gasteiger partial charge is 0.478 e. The van der Waals surface area contributed by atoms with Gasteiger partial charge in [-0.15, -0.1) is 0 Å². The van der Waals surface area contributed by atoms with Crippen molar-refractivity contribution in [2.24, 2.45) is 0 Å². The number of hydrogen-bond donors (Lipinski definition) is 1. The molecule has 1 rings (SSSR count). The number of nitrogens with zero attached hydrogens (tertiary/aromatic N) is 1. The monoisotopic (exact) mass is 235 g/mol. The topological polar surface area (TPSA) is 70.3 Å². The van der Waals surface area contributed by atoms with Crippen LogP contribution in [0.2, 0.25) is 0 Å². The van der Waals surface area contributed by atoms with E-state index in [1.165, 1.54) is 31.2 Å². The highest BCUT2D eigenvalue weighted by molar-refractivity contribution is 5.85. The fourth-order valence-corrected chi connectivity index (χ4v) is 1.15. The number of para-hydroxylation sites is 1. The minimum Gasteiger partial charge on any atom is -0.478 e. The molecule has 88 valence electrons. The predicted octanol–water partition coefficient (Wildman–Crippen LogP) is 2.21. The summed E-state index contributed by atoms with van der Waals surface area (Å²) in [4.78, 5) is 10.4. The van der Waals surface area contributed by atoms with E-state index in [9.17, 15) is 9.18 Å². The Morgan fingerprint density at radius 3 is 2.94 bits per heavy atom. The Balaban J connectivity index is 3.09. The van der Waals surface area contributed by atoms with Crippen molar-refractivity contribution < 1.29 is 19.0 Å². The van der Waals surface area contributed by atoms with Crippen LogP contribution < -0.4 is 4.74 Å². The second kappa shape index (κ2) is 5.66. The average Bonchev–Trinajstić information content (AvgIpc) is 2.29. The molecule has 1 N–H and O–H groups in total. The highest BCUT2D eigenvalue weighted by Crippen LogP contribution is 2.25. The Kier molecular flexibility index (Phi) is 4.23. The molecular formula is C12H10FNO3. The van der Waals surface area contributed by atoms with E-state index >= 15 is 0 Å². The fourth-order valence-electron chi connectivity index (χ4n) is 1.15. The zero-order valence-electron chi connectivity index (χ0n) is 9.05. The number of carboxylic acid groups (broad SMARTS) is 1. The van der Waals surface area contributed by atoms with Crippen molar-refractivity contribution in [1.82, 2.24) is 0 Å². The number of nitriles is 1. The van der Waals surface area contributed by atoms with Gasteiger partial charge in [-0.1, -0.05) is 12.1 Å². The van der Waals surface area contributed by atoms with Crippen molar-refractivity contribution in [2.75, 3.05) is 0 Å². The van der Waals surface area contributed by atoms with Crippen molar-refractivity contribution in [1.29, 1.82) is 5.26 Å². The molecule has 0 spiro atoms. The summed E-state index contributed by atoms with van der Waals surface area (Å²) in [6.45, 7) is 1.47. The lowest BCUT2D eigenvalue weighted by Gasteiger charge is -2.11. The summed E-state index contributed by atoms with van der Waals surface area (Å²) in [5.41, 5.74) is 0.273. The van der Waals surface area contributed by atoms with Crippen LogP contribution in [-0.4, -0.2) is 17.2 Å². The van der Waals surface area contributed by atoms with Crippen LogP contribution in [0.3, 0.4) is 0 Å². The molecule has 0 aliphatic carbocycles. The van der Waals surface area contributed by atoms with Gasteiger partial charge >= 0.3 is 5.97 Å². The van der Waals surface area contributed by atoms with E-state index in [-0.39, 0.29) is 11.3 Å². The zero-order chi connectivity index (χ0) is 12.8. The van der Waals surface area contributed by atoms with E-state index in [1.807, 2.05) is 0 Å². The van der Waals surface area contributed by atoms with E-state index in [2.05, 4.69) is 0 Å². The first-order chi connectivity index (χ1) is 8.04. The van der Waals surface area contributed by atoms with Gasteiger partial charge in [0.2, 0.25) is 0 Å². The third kappa shape index (κ3) is 3.61. The van der Waals surface area contributed by atoms with Crippen molar-refractivity contribution in [3.8, 4) is 11.8 Å². The third-order valence-electron chi connectivity index (χ3n) is 1.88. The molecule has 0 amide bonds. The number of hydrogen-bond acceptors (Lipinski definition) is 3. The molecule has 0 aliphatic rings. The van der Waals surface area contributed by atoms with Crippen LogP contribution in [-0.2, 0) is 4.79 Å². The molecule has 0 saturated carbocycles. The van der Waals surface area contributed by atoms with E-state index in [0.29, 0.717) is 0 Å². The van der Waals surface area contributed by atoms with Crippen molar-refractivity contribution in [3.63, 3.8) is 0 Å². The maximum absolute atomic E-state index is 13.5. The molecule has 5 heteroatoms. The summed E-state index contributed by atoms with van der Waals surface area (Å²) in [5, 5.41) is 17.1. The summed E-state index contributed by atoms with van der Waals surface area (Å²) in [6, 6.07) is 5.91. The highest BCUT2D eigenvalue weighted by atomic mass is 19.1. The SMILES string of the molecule is CC(C#N)Oc1c(F)cccc1/C=C/C(=O)O. The summed E-state index contributed by atoms with van der Waals surface area (Å²) in [7, 11) is 0.